The molecule has 214 valence electrons. The number of halogens is 4. The predicted octanol–water partition coefficient (Wildman–Crippen LogP) is 4.22. The van der Waals surface area contributed by atoms with Crippen molar-refractivity contribution in [2.45, 2.75) is 50.6 Å². The normalized spacial score (nSPS) is 25.6. The van der Waals surface area contributed by atoms with Crippen LogP contribution in [0.1, 0.15) is 44.2 Å². The summed E-state index contributed by atoms with van der Waals surface area (Å²) in [7, 11) is 0. The van der Waals surface area contributed by atoms with Crippen LogP contribution in [0.5, 0.6) is 0 Å². The largest absolute Gasteiger partial charge is 0.369 e. The fourth-order valence-corrected chi connectivity index (χ4v) is 6.43. The number of nitriles is 1. The van der Waals surface area contributed by atoms with Crippen LogP contribution in [-0.2, 0) is 15.0 Å². The van der Waals surface area contributed by atoms with Gasteiger partial charge in [0, 0.05) is 48.7 Å². The number of amides is 2. The number of primary amides is 1. The molecule has 2 aromatic rings. The Hall–Kier alpha value is -2.77. The zero-order valence-electron chi connectivity index (χ0n) is 22.7. The number of nitrogens with one attached hydrogen (secondary N) is 1. The summed E-state index contributed by atoms with van der Waals surface area (Å²) in [5, 5.41) is 14.3. The van der Waals surface area contributed by atoms with Crippen LogP contribution >= 0.6 is 23.2 Å². The van der Waals surface area contributed by atoms with Crippen LogP contribution in [0.15, 0.2) is 36.4 Å². The lowest BCUT2D eigenvalue weighted by Crippen LogP contribution is -2.55. The SMILES string of the molecule is CC(C)(C)C[C@@H]1N[C@@H](C(=O)N2CCN(CC(N)=O)CC2)[C@H](c2cccc(Cl)c2F)[C@@]1(C#N)c1ccc(Cl)cc1F. The van der Waals surface area contributed by atoms with Crippen LogP contribution in [0.3, 0.4) is 0 Å². The number of carbonyl (C=O) groups is 2. The van der Waals surface area contributed by atoms with Crippen LogP contribution in [-0.4, -0.2) is 66.4 Å². The third-order valence-corrected chi connectivity index (χ3v) is 8.31. The van der Waals surface area contributed by atoms with Gasteiger partial charge in [0.2, 0.25) is 11.8 Å². The first kappa shape index (κ1) is 30.2. The molecule has 2 saturated heterocycles. The summed E-state index contributed by atoms with van der Waals surface area (Å²) in [5.74, 6) is -3.38. The monoisotopic (exact) mass is 591 g/mol. The molecule has 3 N–H and O–H groups in total. The van der Waals surface area contributed by atoms with Crippen molar-refractivity contribution >= 4 is 35.0 Å². The number of piperazine rings is 1. The van der Waals surface area contributed by atoms with Gasteiger partial charge >= 0.3 is 0 Å². The molecule has 0 bridgehead atoms. The molecule has 2 fully saturated rings. The van der Waals surface area contributed by atoms with Crippen molar-refractivity contribution in [3.05, 3.63) is 69.2 Å². The Balaban J connectivity index is 1.87. The molecule has 0 radical (unpaired) electrons. The van der Waals surface area contributed by atoms with E-state index in [0.717, 1.165) is 6.07 Å². The predicted molar refractivity (Wildman–Crippen MR) is 150 cm³/mol. The van der Waals surface area contributed by atoms with E-state index in [1.807, 2.05) is 25.7 Å². The molecule has 40 heavy (non-hydrogen) atoms. The molecular weight excluding hydrogens is 559 g/mol. The van der Waals surface area contributed by atoms with Gasteiger partial charge in [0.05, 0.1) is 23.7 Å². The molecule has 2 aliphatic heterocycles. The zero-order chi connectivity index (χ0) is 29.4. The second-order valence-electron chi connectivity index (χ2n) is 11.8. The molecule has 2 aromatic carbocycles. The average Bonchev–Trinajstić information content (AvgIpc) is 3.18. The summed E-state index contributed by atoms with van der Waals surface area (Å²) in [5.41, 5.74) is 3.40. The molecule has 0 spiro atoms. The number of hydrogen-bond donors (Lipinski definition) is 2. The van der Waals surface area contributed by atoms with Crippen LogP contribution < -0.4 is 11.1 Å². The molecule has 4 rings (SSSR count). The molecular formula is C29H33Cl2F2N5O2. The van der Waals surface area contributed by atoms with Crippen LogP contribution in [0.25, 0.3) is 0 Å². The van der Waals surface area contributed by atoms with Gasteiger partial charge in [-0.3, -0.25) is 14.5 Å². The van der Waals surface area contributed by atoms with Crippen LogP contribution in [0.2, 0.25) is 10.0 Å². The molecule has 0 aliphatic carbocycles. The topological polar surface area (TPSA) is 102 Å². The van der Waals surface area contributed by atoms with Gasteiger partial charge in [-0.2, -0.15) is 5.26 Å². The second-order valence-corrected chi connectivity index (χ2v) is 12.6. The van der Waals surface area contributed by atoms with Crippen molar-refractivity contribution in [1.82, 2.24) is 15.1 Å². The standard InChI is InChI=1S/C29H33Cl2F2N5O2/c1-28(2,3)14-22-29(16-34,19-8-7-17(30)13-21(19)32)24(18-5-4-6-20(31)25(18)33)26(36-22)27(40)38-11-9-37(10-12-38)15-23(35)39/h4-8,13,22,24,26,36H,9-12,14-15H2,1-3H3,(H2,35,39)/t22-,24-,26+,29-/m0/s1. The highest BCUT2D eigenvalue weighted by molar-refractivity contribution is 6.31. The van der Waals surface area contributed by atoms with Crippen molar-refractivity contribution in [3.8, 4) is 6.07 Å². The first-order valence-electron chi connectivity index (χ1n) is 13.1. The minimum absolute atomic E-state index is 0.0344. The van der Waals surface area contributed by atoms with E-state index in [9.17, 15) is 14.9 Å². The Morgan fingerprint density at radius 3 is 2.40 bits per heavy atom. The quantitative estimate of drug-likeness (QED) is 0.523. The molecule has 2 amide bonds. The van der Waals surface area contributed by atoms with Gasteiger partial charge in [0.1, 0.15) is 17.0 Å². The van der Waals surface area contributed by atoms with Gasteiger partial charge in [-0.1, -0.05) is 62.2 Å². The molecule has 0 aromatic heterocycles. The minimum Gasteiger partial charge on any atom is -0.369 e. The van der Waals surface area contributed by atoms with E-state index in [1.165, 1.54) is 24.3 Å². The number of hydrogen-bond acceptors (Lipinski definition) is 5. The summed E-state index contributed by atoms with van der Waals surface area (Å²) in [6, 6.07) is 9.09. The van der Waals surface area contributed by atoms with Crippen molar-refractivity contribution < 1.29 is 18.4 Å². The highest BCUT2D eigenvalue weighted by Crippen LogP contribution is 2.53. The lowest BCUT2D eigenvalue weighted by molar-refractivity contribution is -0.135. The maximum atomic E-state index is 15.8. The number of benzene rings is 2. The summed E-state index contributed by atoms with van der Waals surface area (Å²) >= 11 is 12.3. The first-order valence-corrected chi connectivity index (χ1v) is 13.9. The van der Waals surface area contributed by atoms with E-state index in [0.29, 0.717) is 32.6 Å². The molecule has 2 heterocycles. The van der Waals surface area contributed by atoms with Crippen molar-refractivity contribution in [2.75, 3.05) is 32.7 Å². The molecule has 4 atom stereocenters. The number of nitrogens with two attached hydrogens (primary N) is 1. The van der Waals surface area contributed by atoms with Gasteiger partial charge < -0.3 is 16.0 Å². The summed E-state index contributed by atoms with van der Waals surface area (Å²) < 4.78 is 31.5. The molecule has 0 saturated carbocycles. The second kappa shape index (κ2) is 11.6. The molecule has 7 nitrogen and oxygen atoms in total. The minimum atomic E-state index is -1.68. The number of nitrogens with zero attached hydrogens (tertiary/aromatic N) is 3. The van der Waals surface area contributed by atoms with Gasteiger partial charge in [0.15, 0.2) is 0 Å². The first-order chi connectivity index (χ1) is 18.8. The Morgan fingerprint density at radius 1 is 1.15 bits per heavy atom. The fourth-order valence-electron chi connectivity index (χ4n) is 6.09. The third kappa shape index (κ3) is 5.82. The van der Waals surface area contributed by atoms with Crippen molar-refractivity contribution in [1.29, 1.82) is 5.26 Å². The summed E-state index contributed by atoms with van der Waals surface area (Å²) in [4.78, 5) is 29.0. The lowest BCUT2D eigenvalue weighted by atomic mass is 9.62. The Kier molecular flexibility index (Phi) is 8.77. The van der Waals surface area contributed by atoms with Gasteiger partial charge in [-0.15, -0.1) is 0 Å². The van der Waals surface area contributed by atoms with E-state index in [1.54, 1.807) is 11.0 Å². The van der Waals surface area contributed by atoms with Crippen molar-refractivity contribution in [2.24, 2.45) is 11.1 Å². The Labute approximate surface area is 243 Å². The summed E-state index contributed by atoms with van der Waals surface area (Å²) in [6.45, 7) is 7.52. The molecule has 2 aliphatic rings. The number of carbonyl (C=O) groups excluding carboxylic acids is 2. The molecule has 0 unspecified atom stereocenters. The zero-order valence-corrected chi connectivity index (χ0v) is 24.2. The van der Waals surface area contributed by atoms with Gasteiger partial charge in [-0.05, 0) is 35.6 Å². The van der Waals surface area contributed by atoms with E-state index in [2.05, 4.69) is 11.4 Å². The third-order valence-electron chi connectivity index (χ3n) is 7.78. The van der Waals surface area contributed by atoms with E-state index in [4.69, 9.17) is 28.9 Å². The Bertz CT molecular complexity index is 1340. The van der Waals surface area contributed by atoms with E-state index >= 15 is 8.78 Å². The maximum Gasteiger partial charge on any atom is 0.240 e. The van der Waals surface area contributed by atoms with E-state index in [-0.39, 0.29) is 39.0 Å². The lowest BCUT2D eigenvalue weighted by Gasteiger charge is -2.38. The van der Waals surface area contributed by atoms with Crippen molar-refractivity contribution in [3.63, 3.8) is 0 Å². The number of rotatable bonds is 6. The fraction of sp³-hybridized carbons (Fsp3) is 0.483. The molecule has 11 heteroatoms. The highest BCUT2D eigenvalue weighted by Gasteiger charge is 2.61. The summed E-state index contributed by atoms with van der Waals surface area (Å²) in [6.07, 6.45) is 0.386. The smallest absolute Gasteiger partial charge is 0.240 e. The average molecular weight is 593 g/mol. The Morgan fingerprint density at radius 2 is 1.82 bits per heavy atom. The van der Waals surface area contributed by atoms with Crippen LogP contribution in [0, 0.1) is 28.4 Å². The van der Waals surface area contributed by atoms with Crippen LogP contribution in [0.4, 0.5) is 8.78 Å². The van der Waals surface area contributed by atoms with Gasteiger partial charge in [-0.25, -0.2) is 8.78 Å². The van der Waals surface area contributed by atoms with Gasteiger partial charge in [0.25, 0.3) is 0 Å². The maximum absolute atomic E-state index is 15.8. The van der Waals surface area contributed by atoms with E-state index < -0.39 is 41.0 Å². The highest BCUT2D eigenvalue weighted by atomic mass is 35.5.